The number of hydrogen-bond acceptors (Lipinski definition) is 4. The number of thiophene rings is 1. The zero-order chi connectivity index (χ0) is 12.6. The molecule has 2 N–H and O–H groups in total. The lowest BCUT2D eigenvalue weighted by Crippen LogP contribution is -2.31. The second kappa shape index (κ2) is 4.64. The summed E-state index contributed by atoms with van der Waals surface area (Å²) in [6, 6.07) is 1.94. The summed E-state index contributed by atoms with van der Waals surface area (Å²) >= 11 is 1.57. The minimum atomic E-state index is -0.0321. The Labute approximate surface area is 110 Å². The summed E-state index contributed by atoms with van der Waals surface area (Å²) < 4.78 is 5.37. The molecule has 1 aromatic heterocycles. The maximum Gasteiger partial charge on any atom is 0.261 e. The topological polar surface area (TPSA) is 58.6 Å². The molecule has 0 saturated heterocycles. The Morgan fingerprint density at radius 1 is 1.56 bits per heavy atom. The van der Waals surface area contributed by atoms with Crippen LogP contribution in [0.1, 0.15) is 33.0 Å². The number of fused-ring (bicyclic) bond motifs is 1. The molecule has 2 heterocycles. The van der Waals surface area contributed by atoms with Gasteiger partial charge in [0.05, 0.1) is 24.7 Å². The van der Waals surface area contributed by atoms with Crippen molar-refractivity contribution in [3.63, 3.8) is 0 Å². The van der Waals surface area contributed by atoms with Crippen molar-refractivity contribution in [1.29, 1.82) is 0 Å². The van der Waals surface area contributed by atoms with Gasteiger partial charge < -0.3 is 15.2 Å². The largest absolute Gasteiger partial charge is 0.396 e. The first-order valence-corrected chi connectivity index (χ1v) is 7.12. The van der Waals surface area contributed by atoms with E-state index in [1.165, 1.54) is 4.88 Å². The maximum absolute atomic E-state index is 12.0. The molecule has 0 atom stereocenters. The molecular formula is C13H17NO3S. The first kappa shape index (κ1) is 12.1. The molecule has 18 heavy (non-hydrogen) atoms. The van der Waals surface area contributed by atoms with E-state index in [1.807, 2.05) is 6.07 Å². The maximum atomic E-state index is 12.0. The molecule has 1 amide bonds. The van der Waals surface area contributed by atoms with Crippen molar-refractivity contribution in [2.24, 2.45) is 5.41 Å². The van der Waals surface area contributed by atoms with Gasteiger partial charge in [0.25, 0.3) is 5.91 Å². The number of rotatable bonds is 4. The van der Waals surface area contributed by atoms with Gasteiger partial charge in [-0.25, -0.2) is 0 Å². The third-order valence-corrected chi connectivity index (χ3v) is 5.00. The van der Waals surface area contributed by atoms with Crippen molar-refractivity contribution in [3.05, 3.63) is 21.4 Å². The van der Waals surface area contributed by atoms with Gasteiger partial charge in [0, 0.05) is 23.3 Å². The van der Waals surface area contributed by atoms with Crippen molar-refractivity contribution >= 4 is 17.2 Å². The molecule has 1 saturated carbocycles. The van der Waals surface area contributed by atoms with E-state index >= 15 is 0 Å². The third-order valence-electron chi connectivity index (χ3n) is 3.77. The fourth-order valence-electron chi connectivity index (χ4n) is 2.18. The Kier molecular flexibility index (Phi) is 3.13. The quantitative estimate of drug-likeness (QED) is 0.865. The van der Waals surface area contributed by atoms with Crippen LogP contribution in [0.5, 0.6) is 0 Å². The van der Waals surface area contributed by atoms with Crippen LogP contribution in [-0.4, -0.2) is 30.8 Å². The van der Waals surface area contributed by atoms with E-state index in [2.05, 4.69) is 5.32 Å². The highest BCUT2D eigenvalue weighted by Gasteiger charge is 2.42. The van der Waals surface area contributed by atoms with Crippen molar-refractivity contribution in [3.8, 4) is 0 Å². The van der Waals surface area contributed by atoms with E-state index in [1.54, 1.807) is 11.3 Å². The lowest BCUT2D eigenvalue weighted by atomic mass is 10.1. The van der Waals surface area contributed by atoms with E-state index in [0.717, 1.165) is 36.3 Å². The molecule has 0 aromatic carbocycles. The van der Waals surface area contributed by atoms with Gasteiger partial charge in [0.15, 0.2) is 0 Å². The minimum absolute atomic E-state index is 0.0193. The minimum Gasteiger partial charge on any atom is -0.396 e. The first-order valence-electron chi connectivity index (χ1n) is 6.31. The van der Waals surface area contributed by atoms with E-state index in [9.17, 15) is 9.90 Å². The summed E-state index contributed by atoms with van der Waals surface area (Å²) in [6.07, 6.45) is 2.94. The van der Waals surface area contributed by atoms with Crippen LogP contribution in [0, 0.1) is 5.41 Å². The van der Waals surface area contributed by atoms with Gasteiger partial charge in [-0.15, -0.1) is 11.3 Å². The highest BCUT2D eigenvalue weighted by molar-refractivity contribution is 7.14. The zero-order valence-electron chi connectivity index (χ0n) is 10.2. The van der Waals surface area contributed by atoms with Gasteiger partial charge in [0.2, 0.25) is 0 Å². The number of hydrogen-bond donors (Lipinski definition) is 2. The molecule has 2 aliphatic rings. The fraction of sp³-hybridized carbons (Fsp3) is 0.615. The number of carbonyl (C=O) groups excluding carboxylic acids is 1. The third kappa shape index (κ3) is 2.30. The molecule has 5 heteroatoms. The zero-order valence-corrected chi connectivity index (χ0v) is 11.0. The van der Waals surface area contributed by atoms with Crippen LogP contribution < -0.4 is 5.32 Å². The van der Waals surface area contributed by atoms with Crippen LogP contribution in [0.3, 0.4) is 0 Å². The van der Waals surface area contributed by atoms with E-state index in [0.29, 0.717) is 13.2 Å². The SMILES string of the molecule is O=C(NCC1(CO)CC1)c1cc2c(s1)CCOC2. The second-order valence-electron chi connectivity index (χ2n) is 5.20. The molecule has 1 aliphatic carbocycles. The van der Waals surface area contributed by atoms with Gasteiger partial charge in [0.1, 0.15) is 0 Å². The molecule has 0 unspecified atom stereocenters. The van der Waals surface area contributed by atoms with Gasteiger partial charge in [-0.2, -0.15) is 0 Å². The van der Waals surface area contributed by atoms with Crippen molar-refractivity contribution < 1.29 is 14.6 Å². The summed E-state index contributed by atoms with van der Waals surface area (Å²) in [5, 5.41) is 12.1. The Morgan fingerprint density at radius 3 is 3.06 bits per heavy atom. The van der Waals surface area contributed by atoms with Crippen LogP contribution in [0.2, 0.25) is 0 Å². The van der Waals surface area contributed by atoms with Crippen LogP contribution in [-0.2, 0) is 17.8 Å². The summed E-state index contributed by atoms with van der Waals surface area (Å²) in [5.41, 5.74) is 1.12. The van der Waals surface area contributed by atoms with Crippen LogP contribution in [0.15, 0.2) is 6.07 Å². The Bertz CT molecular complexity index is 441. The number of carbonyl (C=O) groups is 1. The number of aliphatic hydroxyl groups excluding tert-OH is 1. The van der Waals surface area contributed by atoms with Gasteiger partial charge in [-0.05, 0) is 24.5 Å². The summed E-state index contributed by atoms with van der Waals surface area (Å²) in [6.45, 7) is 2.13. The molecular weight excluding hydrogens is 250 g/mol. The summed E-state index contributed by atoms with van der Waals surface area (Å²) in [4.78, 5) is 14.1. The van der Waals surface area contributed by atoms with E-state index in [-0.39, 0.29) is 17.9 Å². The molecule has 98 valence electrons. The lowest BCUT2D eigenvalue weighted by molar-refractivity contribution is 0.0939. The Hall–Kier alpha value is -0.910. The first-order chi connectivity index (χ1) is 8.72. The van der Waals surface area contributed by atoms with Crippen molar-refractivity contribution in [2.75, 3.05) is 19.8 Å². The normalized spacial score (nSPS) is 20.3. The molecule has 0 radical (unpaired) electrons. The Balaban J connectivity index is 1.63. The Morgan fingerprint density at radius 2 is 2.39 bits per heavy atom. The molecule has 1 fully saturated rings. The second-order valence-corrected chi connectivity index (χ2v) is 6.34. The van der Waals surface area contributed by atoms with Gasteiger partial charge in [-0.1, -0.05) is 0 Å². The van der Waals surface area contributed by atoms with Crippen LogP contribution in [0.4, 0.5) is 0 Å². The molecule has 0 bridgehead atoms. The average Bonchev–Trinajstić information content (AvgIpc) is 3.05. The predicted molar refractivity (Wildman–Crippen MR) is 68.8 cm³/mol. The molecule has 1 aliphatic heterocycles. The number of ether oxygens (including phenoxy) is 1. The molecule has 4 nitrogen and oxygen atoms in total. The van der Waals surface area contributed by atoms with Crippen LogP contribution in [0.25, 0.3) is 0 Å². The standard InChI is InChI=1S/C13H17NO3S/c15-8-13(2-3-13)7-14-12(16)11-5-9-6-17-4-1-10(9)18-11/h5,15H,1-4,6-8H2,(H,14,16). The monoisotopic (exact) mass is 267 g/mol. The highest BCUT2D eigenvalue weighted by atomic mass is 32.1. The fourth-order valence-corrected chi connectivity index (χ4v) is 3.25. The molecule has 3 rings (SSSR count). The van der Waals surface area contributed by atoms with Gasteiger partial charge in [-0.3, -0.25) is 4.79 Å². The van der Waals surface area contributed by atoms with Crippen molar-refractivity contribution in [1.82, 2.24) is 5.32 Å². The summed E-state index contributed by atoms with van der Waals surface area (Å²) in [7, 11) is 0. The lowest BCUT2D eigenvalue weighted by Gasteiger charge is -2.11. The predicted octanol–water partition coefficient (Wildman–Crippen LogP) is 1.32. The number of amides is 1. The van der Waals surface area contributed by atoms with Crippen molar-refractivity contribution in [2.45, 2.75) is 25.9 Å². The van der Waals surface area contributed by atoms with Gasteiger partial charge >= 0.3 is 0 Å². The van der Waals surface area contributed by atoms with Crippen LogP contribution >= 0.6 is 11.3 Å². The number of nitrogens with one attached hydrogen (secondary N) is 1. The summed E-state index contributed by atoms with van der Waals surface area (Å²) in [5.74, 6) is -0.0193. The highest BCUT2D eigenvalue weighted by Crippen LogP contribution is 2.44. The smallest absolute Gasteiger partial charge is 0.261 e. The molecule has 1 aromatic rings. The van der Waals surface area contributed by atoms with E-state index in [4.69, 9.17) is 4.74 Å². The van der Waals surface area contributed by atoms with E-state index < -0.39 is 0 Å². The number of aliphatic hydroxyl groups is 1. The average molecular weight is 267 g/mol. The molecule has 0 spiro atoms.